The number of ether oxygens (including phenoxy) is 2. The van der Waals surface area contributed by atoms with Gasteiger partial charge in [-0.1, -0.05) is 0 Å². The molecule has 0 spiro atoms. The molecule has 0 saturated heterocycles. The van der Waals surface area contributed by atoms with Crippen LogP contribution in [0.4, 0.5) is 5.13 Å². The molecule has 2 aliphatic rings. The average Bonchev–Trinajstić information content (AvgIpc) is 3.20. The Morgan fingerprint density at radius 1 is 1.20 bits per heavy atom. The number of nitrogens with zero attached hydrogens (tertiary/aromatic N) is 1. The average molecular weight is 288 g/mol. The van der Waals surface area contributed by atoms with Crippen molar-refractivity contribution in [3.05, 3.63) is 23.1 Å². The van der Waals surface area contributed by atoms with Crippen LogP contribution in [-0.4, -0.2) is 24.2 Å². The highest BCUT2D eigenvalue weighted by Crippen LogP contribution is 2.38. The number of fused-ring (bicyclic) bond motifs is 1. The van der Waals surface area contributed by atoms with Gasteiger partial charge in [-0.15, -0.1) is 11.3 Å². The van der Waals surface area contributed by atoms with Crippen LogP contribution in [0.25, 0.3) is 11.3 Å². The van der Waals surface area contributed by atoms with Crippen molar-refractivity contribution in [1.29, 1.82) is 0 Å². The van der Waals surface area contributed by atoms with Crippen LogP contribution in [-0.2, 0) is 0 Å². The molecule has 1 saturated carbocycles. The lowest BCUT2D eigenvalue weighted by Gasteiger charge is -2.18. The molecule has 1 aromatic carbocycles. The Morgan fingerprint density at radius 3 is 2.80 bits per heavy atom. The van der Waals surface area contributed by atoms with Crippen LogP contribution in [0.2, 0.25) is 0 Å². The number of anilines is 1. The number of nitrogens with one attached hydrogen (secondary N) is 1. The monoisotopic (exact) mass is 288 g/mol. The van der Waals surface area contributed by atoms with Crippen LogP contribution in [0, 0.1) is 6.92 Å². The van der Waals surface area contributed by atoms with Gasteiger partial charge in [0.15, 0.2) is 16.6 Å². The van der Waals surface area contributed by atoms with Gasteiger partial charge in [0.05, 0.1) is 5.69 Å². The molecular formula is C15H16N2O2S. The van der Waals surface area contributed by atoms with Gasteiger partial charge in [0, 0.05) is 16.5 Å². The van der Waals surface area contributed by atoms with Gasteiger partial charge in [0.2, 0.25) is 0 Å². The molecule has 1 aliphatic heterocycles. The van der Waals surface area contributed by atoms with E-state index < -0.39 is 0 Å². The van der Waals surface area contributed by atoms with E-state index in [1.165, 1.54) is 17.7 Å². The summed E-state index contributed by atoms with van der Waals surface area (Å²) < 4.78 is 11.2. The standard InChI is InChI=1S/C15H16N2O2S/c1-9-14(17-15(20-9)16-11-3-4-11)10-2-5-12-13(8-10)19-7-6-18-12/h2,5,8,11H,3-4,6-7H2,1H3,(H,16,17). The second kappa shape index (κ2) is 4.66. The van der Waals surface area contributed by atoms with Crippen molar-refractivity contribution in [3.8, 4) is 22.8 Å². The van der Waals surface area contributed by atoms with Crippen molar-refractivity contribution in [2.75, 3.05) is 18.5 Å². The normalized spacial score (nSPS) is 17.1. The number of rotatable bonds is 3. The second-order valence-corrected chi connectivity index (χ2v) is 6.40. The molecule has 0 atom stereocenters. The molecule has 2 aromatic rings. The van der Waals surface area contributed by atoms with Gasteiger partial charge >= 0.3 is 0 Å². The van der Waals surface area contributed by atoms with Crippen molar-refractivity contribution < 1.29 is 9.47 Å². The Balaban J connectivity index is 1.67. The largest absolute Gasteiger partial charge is 0.486 e. The lowest BCUT2D eigenvalue weighted by molar-refractivity contribution is 0.171. The molecule has 1 fully saturated rings. The summed E-state index contributed by atoms with van der Waals surface area (Å²) in [5.41, 5.74) is 2.13. The minimum Gasteiger partial charge on any atom is -0.486 e. The summed E-state index contributed by atoms with van der Waals surface area (Å²) in [6.07, 6.45) is 2.52. The third-order valence-electron chi connectivity index (χ3n) is 3.52. The third kappa shape index (κ3) is 2.22. The van der Waals surface area contributed by atoms with Crippen molar-refractivity contribution in [1.82, 2.24) is 4.98 Å². The van der Waals surface area contributed by atoms with Crippen LogP contribution >= 0.6 is 11.3 Å². The van der Waals surface area contributed by atoms with E-state index in [1.807, 2.05) is 12.1 Å². The first-order chi connectivity index (χ1) is 9.79. The second-order valence-electron chi connectivity index (χ2n) is 5.20. The zero-order valence-corrected chi connectivity index (χ0v) is 12.1. The highest BCUT2D eigenvalue weighted by molar-refractivity contribution is 7.16. The fraction of sp³-hybridized carbons (Fsp3) is 0.400. The van der Waals surface area contributed by atoms with Gasteiger partial charge in [0.25, 0.3) is 0 Å². The first-order valence-electron chi connectivity index (χ1n) is 6.93. The summed E-state index contributed by atoms with van der Waals surface area (Å²) in [5, 5.41) is 4.48. The van der Waals surface area contributed by atoms with E-state index in [-0.39, 0.29) is 0 Å². The number of hydrogen-bond acceptors (Lipinski definition) is 5. The zero-order valence-electron chi connectivity index (χ0n) is 11.3. The zero-order chi connectivity index (χ0) is 13.5. The van der Waals surface area contributed by atoms with Gasteiger partial charge in [-0.05, 0) is 38.0 Å². The Kier molecular flexibility index (Phi) is 2.80. The topological polar surface area (TPSA) is 43.4 Å². The Hall–Kier alpha value is -1.75. The van der Waals surface area contributed by atoms with E-state index in [2.05, 4.69) is 18.3 Å². The molecule has 1 aromatic heterocycles. The number of aromatic nitrogens is 1. The van der Waals surface area contributed by atoms with Crippen LogP contribution < -0.4 is 14.8 Å². The molecule has 1 aliphatic carbocycles. The fourth-order valence-corrected chi connectivity index (χ4v) is 3.23. The summed E-state index contributed by atoms with van der Waals surface area (Å²) in [6, 6.07) is 6.68. The molecule has 0 bridgehead atoms. The summed E-state index contributed by atoms with van der Waals surface area (Å²) in [4.78, 5) is 5.95. The van der Waals surface area contributed by atoms with Crippen molar-refractivity contribution >= 4 is 16.5 Å². The summed E-state index contributed by atoms with van der Waals surface area (Å²) >= 11 is 1.72. The summed E-state index contributed by atoms with van der Waals surface area (Å²) in [5.74, 6) is 1.64. The predicted octanol–water partition coefficient (Wildman–Crippen LogP) is 3.46. The van der Waals surface area contributed by atoms with Crippen LogP contribution in [0.3, 0.4) is 0 Å². The Morgan fingerprint density at radius 2 is 2.00 bits per heavy atom. The molecule has 1 N–H and O–H groups in total. The lowest BCUT2D eigenvalue weighted by Crippen LogP contribution is -2.15. The number of aryl methyl sites for hydroxylation is 1. The minimum atomic E-state index is 0.612. The maximum atomic E-state index is 5.64. The molecule has 2 heterocycles. The van der Waals surface area contributed by atoms with Gasteiger partial charge in [0.1, 0.15) is 13.2 Å². The Bertz CT molecular complexity index is 649. The highest BCUT2D eigenvalue weighted by atomic mass is 32.1. The van der Waals surface area contributed by atoms with E-state index in [0.29, 0.717) is 19.3 Å². The quantitative estimate of drug-likeness (QED) is 0.939. The molecular weight excluding hydrogens is 272 g/mol. The fourth-order valence-electron chi connectivity index (χ4n) is 2.32. The molecule has 4 rings (SSSR count). The number of thiazole rings is 1. The lowest BCUT2D eigenvalue weighted by atomic mass is 10.1. The summed E-state index contributed by atoms with van der Waals surface area (Å²) in [6.45, 7) is 3.35. The SMILES string of the molecule is Cc1sc(NC2CC2)nc1-c1ccc2c(c1)OCCO2. The van der Waals surface area contributed by atoms with Crippen LogP contribution in [0.15, 0.2) is 18.2 Å². The highest BCUT2D eigenvalue weighted by Gasteiger charge is 2.23. The molecule has 0 amide bonds. The van der Waals surface area contributed by atoms with Crippen molar-refractivity contribution in [3.63, 3.8) is 0 Å². The summed E-state index contributed by atoms with van der Waals surface area (Å²) in [7, 11) is 0. The first kappa shape index (κ1) is 12.0. The van der Waals surface area contributed by atoms with E-state index in [4.69, 9.17) is 14.5 Å². The smallest absolute Gasteiger partial charge is 0.183 e. The number of benzene rings is 1. The molecule has 20 heavy (non-hydrogen) atoms. The van der Waals surface area contributed by atoms with Gasteiger partial charge in [-0.2, -0.15) is 0 Å². The number of hydrogen-bond donors (Lipinski definition) is 1. The maximum Gasteiger partial charge on any atom is 0.183 e. The van der Waals surface area contributed by atoms with Crippen LogP contribution in [0.5, 0.6) is 11.5 Å². The van der Waals surface area contributed by atoms with Crippen LogP contribution in [0.1, 0.15) is 17.7 Å². The Labute approximate surface area is 121 Å². The molecule has 0 radical (unpaired) electrons. The van der Waals surface area contributed by atoms with E-state index in [1.54, 1.807) is 11.3 Å². The predicted molar refractivity (Wildman–Crippen MR) is 79.9 cm³/mol. The minimum absolute atomic E-state index is 0.612. The van der Waals surface area contributed by atoms with Crippen molar-refractivity contribution in [2.24, 2.45) is 0 Å². The van der Waals surface area contributed by atoms with Gasteiger partial charge in [-0.3, -0.25) is 0 Å². The molecule has 4 nitrogen and oxygen atoms in total. The molecule has 104 valence electrons. The first-order valence-corrected chi connectivity index (χ1v) is 7.75. The van der Waals surface area contributed by atoms with Gasteiger partial charge < -0.3 is 14.8 Å². The van der Waals surface area contributed by atoms with E-state index >= 15 is 0 Å². The maximum absolute atomic E-state index is 5.64. The van der Waals surface area contributed by atoms with Gasteiger partial charge in [-0.25, -0.2) is 4.98 Å². The molecule has 5 heteroatoms. The third-order valence-corrected chi connectivity index (χ3v) is 4.42. The van der Waals surface area contributed by atoms with E-state index in [9.17, 15) is 0 Å². The van der Waals surface area contributed by atoms with Crippen molar-refractivity contribution in [2.45, 2.75) is 25.8 Å². The van der Waals surface area contributed by atoms with E-state index in [0.717, 1.165) is 27.9 Å². The molecule has 0 unspecified atom stereocenters.